The average Bonchev–Trinajstić information content (AvgIpc) is 3.16. The Labute approximate surface area is 235 Å². The van der Waals surface area contributed by atoms with E-state index < -0.39 is 41.2 Å². The number of Topliss-reactive ketones (excluding diaryl/α,β-unsaturated/α-hetero) is 1. The van der Waals surface area contributed by atoms with E-state index in [2.05, 4.69) is 5.32 Å². The molecule has 39 heavy (non-hydrogen) atoms. The lowest BCUT2D eigenvalue weighted by atomic mass is 9.92. The van der Waals surface area contributed by atoms with Crippen LogP contribution in [0.25, 0.3) is 0 Å². The minimum atomic E-state index is -1.33. The van der Waals surface area contributed by atoms with Gasteiger partial charge in [0, 0.05) is 23.4 Å². The first-order valence-electron chi connectivity index (χ1n) is 11.0. The molecule has 1 aliphatic rings. The van der Waals surface area contributed by atoms with Crippen LogP contribution in [0.3, 0.4) is 0 Å². The van der Waals surface area contributed by atoms with Crippen LogP contribution in [0, 0.1) is 5.82 Å². The zero-order chi connectivity index (χ0) is 28.4. The second-order valence-corrected chi connectivity index (χ2v) is 9.38. The fourth-order valence-corrected chi connectivity index (χ4v) is 4.46. The van der Waals surface area contributed by atoms with E-state index in [-0.39, 0.29) is 43.1 Å². The van der Waals surface area contributed by atoms with E-state index >= 15 is 4.39 Å². The highest BCUT2D eigenvalue weighted by molar-refractivity contribution is 6.42. The van der Waals surface area contributed by atoms with Gasteiger partial charge in [-0.05, 0) is 42.0 Å². The predicted molar refractivity (Wildman–Crippen MR) is 144 cm³/mol. The first kappa shape index (κ1) is 27.8. The molecule has 0 spiro atoms. The van der Waals surface area contributed by atoms with E-state index in [4.69, 9.17) is 39.9 Å². The molecule has 3 aromatic rings. The van der Waals surface area contributed by atoms with Gasteiger partial charge in [0.05, 0.1) is 32.4 Å². The summed E-state index contributed by atoms with van der Waals surface area (Å²) < 4.78 is 15.1. The molecule has 0 bridgehead atoms. The Balaban J connectivity index is 1.80. The zero-order valence-corrected chi connectivity index (χ0v) is 21.8. The SMILES string of the molecule is O=C(O)C=CC(=O)Nc1cccc(C(=O)C2=C(O)C(=O)N(c3cccc(Cl)c3F)C2c2ccc(Cl)c(Cl)c2)c1. The number of hydrogen-bond acceptors (Lipinski definition) is 5. The molecule has 0 aromatic heterocycles. The fraction of sp³-hybridized carbons (Fsp3) is 0.0370. The summed E-state index contributed by atoms with van der Waals surface area (Å²) in [6.07, 6.45) is 1.43. The number of carbonyl (C=O) groups excluding carboxylic acids is 3. The molecule has 3 N–H and O–H groups in total. The normalized spacial score (nSPS) is 15.2. The number of aliphatic hydroxyl groups excluding tert-OH is 1. The standard InChI is InChI=1S/C27H16Cl3FN2O6/c28-16-8-7-13(12-18(16)30)24-22(26(38)27(39)33(24)19-6-2-5-17(29)23(19)31)25(37)14-3-1-4-15(11-14)32-20(34)9-10-21(35)36/h1-12,24,38H,(H,32,34)(H,35,36). The van der Waals surface area contributed by atoms with Crippen LogP contribution in [-0.2, 0) is 14.4 Å². The highest BCUT2D eigenvalue weighted by Gasteiger charge is 2.45. The number of aliphatic hydroxyl groups is 1. The van der Waals surface area contributed by atoms with E-state index in [1.54, 1.807) is 0 Å². The Morgan fingerprint density at radius 2 is 1.64 bits per heavy atom. The van der Waals surface area contributed by atoms with Crippen molar-refractivity contribution in [3.05, 3.63) is 116 Å². The van der Waals surface area contributed by atoms with Gasteiger partial charge in [-0.25, -0.2) is 9.18 Å². The molecule has 1 atom stereocenters. The Morgan fingerprint density at radius 3 is 2.33 bits per heavy atom. The van der Waals surface area contributed by atoms with Gasteiger partial charge in [0.2, 0.25) is 5.91 Å². The van der Waals surface area contributed by atoms with Crippen LogP contribution < -0.4 is 10.2 Å². The Kier molecular flexibility index (Phi) is 8.06. The van der Waals surface area contributed by atoms with Crippen molar-refractivity contribution in [1.29, 1.82) is 0 Å². The molecule has 1 heterocycles. The number of hydrogen-bond donors (Lipinski definition) is 3. The molecular formula is C27H16Cl3FN2O6. The maximum Gasteiger partial charge on any atom is 0.328 e. The topological polar surface area (TPSA) is 124 Å². The molecular weight excluding hydrogens is 574 g/mol. The molecule has 1 aliphatic heterocycles. The number of amides is 2. The van der Waals surface area contributed by atoms with Gasteiger partial charge >= 0.3 is 5.97 Å². The molecule has 0 fully saturated rings. The number of anilines is 2. The van der Waals surface area contributed by atoms with Crippen LogP contribution in [0.2, 0.25) is 15.1 Å². The fourth-order valence-electron chi connectivity index (χ4n) is 3.99. The van der Waals surface area contributed by atoms with E-state index in [0.717, 1.165) is 11.0 Å². The maximum atomic E-state index is 15.1. The van der Waals surface area contributed by atoms with Gasteiger partial charge in [-0.2, -0.15) is 0 Å². The smallest absolute Gasteiger partial charge is 0.328 e. The summed E-state index contributed by atoms with van der Waals surface area (Å²) in [4.78, 5) is 50.5. The largest absolute Gasteiger partial charge is 0.503 e. The van der Waals surface area contributed by atoms with E-state index in [9.17, 15) is 24.3 Å². The lowest BCUT2D eigenvalue weighted by Crippen LogP contribution is -2.32. The van der Waals surface area contributed by atoms with Crippen molar-refractivity contribution in [1.82, 2.24) is 0 Å². The molecule has 3 aromatic carbocycles. The molecule has 4 rings (SSSR count). The Morgan fingerprint density at radius 1 is 0.923 bits per heavy atom. The third kappa shape index (κ3) is 5.65. The lowest BCUT2D eigenvalue weighted by molar-refractivity contribution is -0.131. The summed E-state index contributed by atoms with van der Waals surface area (Å²) in [7, 11) is 0. The molecule has 8 nitrogen and oxygen atoms in total. The Hall–Kier alpha value is -4.18. The summed E-state index contributed by atoms with van der Waals surface area (Å²) in [6, 6.07) is 12.4. The molecule has 2 amide bonds. The van der Waals surface area contributed by atoms with Crippen molar-refractivity contribution >= 4 is 69.7 Å². The van der Waals surface area contributed by atoms with Crippen LogP contribution in [-0.4, -0.2) is 33.8 Å². The van der Waals surface area contributed by atoms with E-state index in [1.807, 2.05) is 0 Å². The summed E-state index contributed by atoms with van der Waals surface area (Å²) in [5, 5.41) is 22.0. The van der Waals surface area contributed by atoms with E-state index in [0.29, 0.717) is 6.08 Å². The summed E-state index contributed by atoms with van der Waals surface area (Å²) in [6.45, 7) is 0. The second kappa shape index (κ2) is 11.3. The van der Waals surface area contributed by atoms with Crippen LogP contribution in [0.5, 0.6) is 0 Å². The minimum absolute atomic E-state index is 0.0390. The number of carboxylic acid groups (broad SMARTS) is 1. The number of ketones is 1. The molecule has 1 unspecified atom stereocenters. The molecule has 198 valence electrons. The monoisotopic (exact) mass is 588 g/mol. The van der Waals surface area contributed by atoms with E-state index in [1.165, 1.54) is 60.7 Å². The number of aliphatic carboxylic acids is 1. The van der Waals surface area contributed by atoms with Crippen molar-refractivity contribution in [2.45, 2.75) is 6.04 Å². The first-order valence-corrected chi connectivity index (χ1v) is 12.2. The number of halogens is 4. The van der Waals surface area contributed by atoms with Gasteiger partial charge in [0.1, 0.15) is 0 Å². The average molecular weight is 590 g/mol. The number of rotatable bonds is 7. The number of benzene rings is 3. The van der Waals surface area contributed by atoms with Crippen LogP contribution >= 0.6 is 34.8 Å². The number of carboxylic acids is 1. The Bertz CT molecular complexity index is 1600. The van der Waals surface area contributed by atoms with Gasteiger partial charge < -0.3 is 15.5 Å². The first-order chi connectivity index (χ1) is 18.5. The molecule has 0 saturated heterocycles. The maximum absolute atomic E-state index is 15.1. The zero-order valence-electron chi connectivity index (χ0n) is 19.5. The third-order valence-electron chi connectivity index (χ3n) is 5.67. The highest BCUT2D eigenvalue weighted by Crippen LogP contribution is 2.44. The second-order valence-electron chi connectivity index (χ2n) is 8.16. The number of nitrogens with zero attached hydrogens (tertiary/aromatic N) is 1. The van der Waals surface area contributed by atoms with Gasteiger partial charge in [-0.1, -0.05) is 59.1 Å². The van der Waals surface area contributed by atoms with Gasteiger partial charge in [0.15, 0.2) is 17.4 Å². The van der Waals surface area contributed by atoms with Crippen molar-refractivity contribution in [3.63, 3.8) is 0 Å². The lowest BCUT2D eigenvalue weighted by Gasteiger charge is -2.27. The van der Waals surface area contributed by atoms with Crippen LogP contribution in [0.15, 0.2) is 84.1 Å². The van der Waals surface area contributed by atoms with Crippen LogP contribution in [0.4, 0.5) is 15.8 Å². The van der Waals surface area contributed by atoms with Crippen LogP contribution in [0.1, 0.15) is 22.0 Å². The van der Waals surface area contributed by atoms with Crippen molar-refractivity contribution in [2.24, 2.45) is 0 Å². The molecule has 0 radical (unpaired) electrons. The summed E-state index contributed by atoms with van der Waals surface area (Å²) in [5.41, 5.74) is -0.332. The minimum Gasteiger partial charge on any atom is -0.503 e. The van der Waals surface area contributed by atoms with Gasteiger partial charge in [-0.15, -0.1) is 0 Å². The molecule has 0 aliphatic carbocycles. The molecule has 0 saturated carbocycles. The third-order valence-corrected chi connectivity index (χ3v) is 6.70. The van der Waals surface area contributed by atoms with Crippen molar-refractivity contribution in [2.75, 3.05) is 10.2 Å². The molecule has 12 heteroatoms. The summed E-state index contributed by atoms with van der Waals surface area (Å²) >= 11 is 18.2. The summed E-state index contributed by atoms with van der Waals surface area (Å²) in [5.74, 6) is -5.82. The quantitative estimate of drug-likeness (QED) is 0.224. The van der Waals surface area contributed by atoms with Gasteiger partial charge in [0.25, 0.3) is 5.91 Å². The van der Waals surface area contributed by atoms with Crippen molar-refractivity contribution < 1.29 is 33.8 Å². The van der Waals surface area contributed by atoms with Crippen molar-refractivity contribution in [3.8, 4) is 0 Å². The number of nitrogens with one attached hydrogen (secondary N) is 1. The predicted octanol–water partition coefficient (Wildman–Crippen LogP) is 6.15. The van der Waals surface area contributed by atoms with Gasteiger partial charge in [-0.3, -0.25) is 19.3 Å². The number of carbonyl (C=O) groups is 4. The highest BCUT2D eigenvalue weighted by atomic mass is 35.5.